The van der Waals surface area contributed by atoms with Gasteiger partial charge in [0.25, 0.3) is 0 Å². The summed E-state index contributed by atoms with van der Waals surface area (Å²) in [5.74, 6) is 2.31. The van der Waals surface area contributed by atoms with Gasteiger partial charge in [-0.3, -0.25) is 0 Å². The van der Waals surface area contributed by atoms with Gasteiger partial charge in [-0.05, 0) is 53.9 Å². The molecule has 1 N–H and O–H groups in total. The Hall–Kier alpha value is -3.18. The number of rotatable bonds is 4. The van der Waals surface area contributed by atoms with Crippen LogP contribution in [-0.2, 0) is 0 Å². The molecule has 0 amide bonds. The van der Waals surface area contributed by atoms with E-state index in [0.29, 0.717) is 0 Å². The zero-order chi connectivity index (χ0) is 20.7. The van der Waals surface area contributed by atoms with Gasteiger partial charge in [-0.25, -0.2) is 4.98 Å². The molecule has 5 rings (SSSR count). The van der Waals surface area contributed by atoms with Gasteiger partial charge in [0.15, 0.2) is 11.5 Å². The summed E-state index contributed by atoms with van der Waals surface area (Å²) in [5, 5.41) is 4.36. The van der Waals surface area contributed by atoms with E-state index in [0.717, 1.165) is 45.5 Å². The van der Waals surface area contributed by atoms with Crippen LogP contribution in [0.2, 0.25) is 5.02 Å². The number of aromatic nitrogens is 2. The minimum absolute atomic E-state index is 0.0918. The first-order valence-electron chi connectivity index (χ1n) is 9.89. The van der Waals surface area contributed by atoms with Crippen LogP contribution in [0.25, 0.3) is 11.0 Å². The lowest BCUT2D eigenvalue weighted by molar-refractivity contribution is 0.353. The molecule has 2 atom stereocenters. The highest BCUT2D eigenvalue weighted by Crippen LogP contribution is 2.43. The third-order valence-corrected chi connectivity index (χ3v) is 5.99. The molecular formula is C24H22ClN3O2. The first-order valence-corrected chi connectivity index (χ1v) is 10.3. The SMILES string of the molecule is COc1ccc([C@@H]2C[C@H](c3ccc(Cl)cc3)Nc3nc4ccccc4n32)cc1OC. The Morgan fingerprint density at radius 2 is 1.67 bits per heavy atom. The van der Waals surface area contributed by atoms with Crippen LogP contribution >= 0.6 is 11.6 Å². The van der Waals surface area contributed by atoms with Gasteiger partial charge in [0, 0.05) is 5.02 Å². The normalized spacial score (nSPS) is 18.0. The number of halogens is 1. The smallest absolute Gasteiger partial charge is 0.204 e. The van der Waals surface area contributed by atoms with Crippen molar-refractivity contribution >= 4 is 28.6 Å². The number of imidazole rings is 1. The number of fused-ring (bicyclic) bond motifs is 3. The average Bonchev–Trinajstić information content (AvgIpc) is 3.17. The van der Waals surface area contributed by atoms with Crippen molar-refractivity contribution in [3.05, 3.63) is 82.9 Å². The summed E-state index contributed by atoms with van der Waals surface area (Å²) in [4.78, 5) is 4.87. The topological polar surface area (TPSA) is 48.3 Å². The average molecular weight is 420 g/mol. The molecule has 0 unspecified atom stereocenters. The van der Waals surface area contributed by atoms with Gasteiger partial charge >= 0.3 is 0 Å². The zero-order valence-corrected chi connectivity index (χ0v) is 17.6. The molecule has 1 aliphatic heterocycles. The molecule has 0 aliphatic carbocycles. The van der Waals surface area contributed by atoms with E-state index in [9.17, 15) is 0 Å². The Kier molecular flexibility index (Phi) is 4.75. The van der Waals surface area contributed by atoms with Gasteiger partial charge < -0.3 is 19.4 Å². The van der Waals surface area contributed by atoms with Crippen LogP contribution in [-0.4, -0.2) is 23.8 Å². The molecule has 0 fully saturated rings. The summed E-state index contributed by atoms with van der Waals surface area (Å²) < 4.78 is 13.3. The van der Waals surface area contributed by atoms with Crippen molar-refractivity contribution in [2.24, 2.45) is 0 Å². The summed E-state index contributed by atoms with van der Waals surface area (Å²) in [6.45, 7) is 0. The van der Waals surface area contributed by atoms with Crippen molar-refractivity contribution in [2.75, 3.05) is 19.5 Å². The van der Waals surface area contributed by atoms with Crippen LogP contribution in [0, 0.1) is 0 Å². The molecular weight excluding hydrogens is 398 g/mol. The van der Waals surface area contributed by atoms with Crippen LogP contribution in [0.3, 0.4) is 0 Å². The third kappa shape index (κ3) is 3.15. The highest BCUT2D eigenvalue weighted by atomic mass is 35.5. The molecule has 152 valence electrons. The Labute approximate surface area is 180 Å². The fourth-order valence-corrected chi connectivity index (χ4v) is 4.39. The predicted octanol–water partition coefficient (Wildman–Crippen LogP) is 5.85. The lowest BCUT2D eigenvalue weighted by Crippen LogP contribution is -2.27. The maximum atomic E-state index is 6.11. The molecule has 0 saturated carbocycles. The molecule has 1 aromatic heterocycles. The molecule has 0 saturated heterocycles. The van der Waals surface area contributed by atoms with E-state index < -0.39 is 0 Å². The summed E-state index contributed by atoms with van der Waals surface area (Å²) in [7, 11) is 3.32. The number of benzene rings is 3. The molecule has 0 spiro atoms. The van der Waals surface area contributed by atoms with Crippen molar-refractivity contribution in [1.82, 2.24) is 9.55 Å². The monoisotopic (exact) mass is 419 g/mol. The molecule has 4 aromatic rings. The van der Waals surface area contributed by atoms with Gasteiger partial charge in [-0.2, -0.15) is 0 Å². The number of nitrogens with one attached hydrogen (secondary N) is 1. The summed E-state index contributed by atoms with van der Waals surface area (Å²) >= 11 is 6.11. The summed E-state index contributed by atoms with van der Waals surface area (Å²) in [5.41, 5.74) is 4.41. The summed E-state index contributed by atoms with van der Waals surface area (Å²) in [6.07, 6.45) is 0.866. The maximum Gasteiger partial charge on any atom is 0.204 e. The van der Waals surface area contributed by atoms with Gasteiger partial charge in [-0.15, -0.1) is 0 Å². The summed E-state index contributed by atoms with van der Waals surface area (Å²) in [6, 6.07) is 22.6. The van der Waals surface area contributed by atoms with Crippen LogP contribution in [0.1, 0.15) is 29.6 Å². The van der Waals surface area contributed by atoms with Gasteiger partial charge in [0.2, 0.25) is 5.95 Å². The van der Waals surface area contributed by atoms with Gasteiger partial charge in [0.05, 0.1) is 37.3 Å². The lowest BCUT2D eigenvalue weighted by atomic mass is 9.92. The minimum atomic E-state index is 0.0918. The lowest BCUT2D eigenvalue weighted by Gasteiger charge is -2.33. The van der Waals surface area contributed by atoms with Gasteiger partial charge in [-0.1, -0.05) is 41.9 Å². The van der Waals surface area contributed by atoms with E-state index >= 15 is 0 Å². The largest absolute Gasteiger partial charge is 0.493 e. The molecule has 5 nitrogen and oxygen atoms in total. The Morgan fingerprint density at radius 1 is 0.933 bits per heavy atom. The predicted molar refractivity (Wildman–Crippen MR) is 120 cm³/mol. The maximum absolute atomic E-state index is 6.11. The Morgan fingerprint density at radius 3 is 2.43 bits per heavy atom. The van der Waals surface area contributed by atoms with E-state index in [1.165, 1.54) is 5.56 Å². The van der Waals surface area contributed by atoms with E-state index in [1.807, 2.05) is 36.4 Å². The van der Waals surface area contributed by atoms with Crippen LogP contribution in [0.5, 0.6) is 11.5 Å². The van der Waals surface area contributed by atoms with Crippen molar-refractivity contribution in [3.63, 3.8) is 0 Å². The fourth-order valence-electron chi connectivity index (χ4n) is 4.26. The van der Waals surface area contributed by atoms with Crippen LogP contribution in [0.4, 0.5) is 5.95 Å². The van der Waals surface area contributed by atoms with Crippen LogP contribution < -0.4 is 14.8 Å². The molecule has 0 bridgehead atoms. The van der Waals surface area contributed by atoms with E-state index in [1.54, 1.807) is 14.2 Å². The van der Waals surface area contributed by atoms with Crippen LogP contribution in [0.15, 0.2) is 66.7 Å². The van der Waals surface area contributed by atoms with Crippen molar-refractivity contribution < 1.29 is 9.47 Å². The molecule has 30 heavy (non-hydrogen) atoms. The fraction of sp³-hybridized carbons (Fsp3) is 0.208. The third-order valence-electron chi connectivity index (χ3n) is 5.73. The molecule has 1 aliphatic rings. The molecule has 2 heterocycles. The van der Waals surface area contributed by atoms with E-state index in [4.69, 9.17) is 26.1 Å². The number of hydrogen-bond donors (Lipinski definition) is 1. The number of nitrogens with zero attached hydrogens (tertiary/aromatic N) is 2. The second-order valence-corrected chi connectivity index (χ2v) is 7.84. The van der Waals surface area contributed by atoms with Crippen molar-refractivity contribution in [1.29, 1.82) is 0 Å². The standard InChI is InChI=1S/C24H22ClN3O2/c1-29-22-12-9-16(13-23(22)30-2)21-14-19(15-7-10-17(25)11-8-15)27-24-26-18-5-3-4-6-20(18)28(21)24/h3-13,19,21H,14H2,1-2H3,(H,26,27)/t19-,21+/m1/s1. The molecule has 0 radical (unpaired) electrons. The minimum Gasteiger partial charge on any atom is -0.493 e. The number of methoxy groups -OCH3 is 2. The second kappa shape index (κ2) is 7.58. The number of anilines is 1. The first kappa shape index (κ1) is 18.8. The van der Waals surface area contributed by atoms with Crippen molar-refractivity contribution in [3.8, 4) is 11.5 Å². The van der Waals surface area contributed by atoms with E-state index in [2.05, 4.69) is 40.2 Å². The van der Waals surface area contributed by atoms with E-state index in [-0.39, 0.29) is 12.1 Å². The highest BCUT2D eigenvalue weighted by Gasteiger charge is 2.31. The second-order valence-electron chi connectivity index (χ2n) is 7.41. The number of para-hydroxylation sites is 2. The molecule has 3 aromatic carbocycles. The molecule has 6 heteroatoms. The highest BCUT2D eigenvalue weighted by molar-refractivity contribution is 6.30. The zero-order valence-electron chi connectivity index (χ0n) is 16.8. The van der Waals surface area contributed by atoms with Crippen molar-refractivity contribution in [2.45, 2.75) is 18.5 Å². The number of ether oxygens (including phenoxy) is 2. The quantitative estimate of drug-likeness (QED) is 0.450. The van der Waals surface area contributed by atoms with Gasteiger partial charge in [0.1, 0.15) is 0 Å². The number of hydrogen-bond acceptors (Lipinski definition) is 4. The Bertz CT molecular complexity index is 1200. The first-order chi connectivity index (χ1) is 14.7. The Balaban J connectivity index is 1.65.